The first-order valence-corrected chi connectivity index (χ1v) is 17.4. The van der Waals surface area contributed by atoms with Gasteiger partial charge in [0, 0.05) is 38.6 Å². The number of hydrogen-bond donors (Lipinski definition) is 0. The van der Waals surface area contributed by atoms with Crippen molar-refractivity contribution in [2.75, 3.05) is 0 Å². The summed E-state index contributed by atoms with van der Waals surface area (Å²) in [6, 6.07) is 45.8. The molecule has 0 radical (unpaired) electrons. The van der Waals surface area contributed by atoms with Crippen LogP contribution in [0.3, 0.4) is 0 Å². The van der Waals surface area contributed by atoms with Crippen molar-refractivity contribution in [2.45, 2.75) is 25.7 Å². The van der Waals surface area contributed by atoms with Gasteiger partial charge in [0.2, 0.25) is 0 Å². The number of dihydropyridines is 1. The Morgan fingerprint density at radius 1 is 0.560 bits per heavy atom. The van der Waals surface area contributed by atoms with Crippen LogP contribution in [0.25, 0.3) is 50.9 Å². The molecule has 0 spiro atoms. The first-order chi connectivity index (χ1) is 24.4. The lowest BCUT2D eigenvalue weighted by atomic mass is 9.77. The molecule has 1 aromatic heterocycles. The summed E-state index contributed by atoms with van der Waals surface area (Å²) in [5.41, 5.74) is 13.3. The maximum Gasteiger partial charge on any atom is 0.164 e. The number of fused-ring (bicyclic) bond motifs is 3. The molecular weight excluding hydrogens is 632 g/mol. The quantitative estimate of drug-likeness (QED) is 0.184. The van der Waals surface area contributed by atoms with E-state index < -0.39 is 0 Å². The van der Waals surface area contributed by atoms with Crippen molar-refractivity contribution in [1.82, 2.24) is 15.0 Å². The molecule has 4 nitrogen and oxygen atoms in total. The second kappa shape index (κ2) is 12.0. The number of aliphatic imine (C=N–C) groups is 1. The minimum Gasteiger partial charge on any atom is -0.252 e. The van der Waals surface area contributed by atoms with Gasteiger partial charge in [-0.1, -0.05) is 147 Å². The Balaban J connectivity index is 1.08. The van der Waals surface area contributed by atoms with Crippen LogP contribution in [0.1, 0.15) is 37.0 Å². The van der Waals surface area contributed by atoms with Crippen LogP contribution in [0, 0.1) is 5.92 Å². The molecule has 9 rings (SSSR count). The number of aromatic nitrogens is 3. The van der Waals surface area contributed by atoms with Crippen molar-refractivity contribution >= 4 is 22.9 Å². The summed E-state index contributed by atoms with van der Waals surface area (Å²) in [6.07, 6.45) is 5.22. The highest BCUT2D eigenvalue weighted by atomic mass is 35.5. The fraction of sp³-hybridized carbons (Fsp3) is 0.111. The second-order valence-electron chi connectivity index (χ2n) is 13.6. The number of nitrogens with zero attached hydrogens (tertiary/aromatic N) is 4. The molecule has 0 amide bonds. The summed E-state index contributed by atoms with van der Waals surface area (Å²) < 4.78 is 0. The summed E-state index contributed by atoms with van der Waals surface area (Å²) in [5, 5.41) is 0.834. The lowest BCUT2D eigenvalue weighted by Crippen LogP contribution is -2.21. The van der Waals surface area contributed by atoms with Gasteiger partial charge < -0.3 is 0 Å². The smallest absolute Gasteiger partial charge is 0.164 e. The minimum atomic E-state index is -0.0690. The predicted molar refractivity (Wildman–Crippen MR) is 205 cm³/mol. The van der Waals surface area contributed by atoms with Crippen molar-refractivity contribution in [2.24, 2.45) is 10.9 Å². The monoisotopic (exact) mass is 664 g/mol. The first kappa shape index (κ1) is 30.4. The van der Waals surface area contributed by atoms with E-state index in [1.165, 1.54) is 22.3 Å². The number of halogens is 1. The van der Waals surface area contributed by atoms with Gasteiger partial charge in [-0.05, 0) is 64.1 Å². The van der Waals surface area contributed by atoms with Crippen molar-refractivity contribution in [3.63, 3.8) is 0 Å². The topological polar surface area (TPSA) is 51.0 Å². The first-order valence-electron chi connectivity index (χ1n) is 17.0. The van der Waals surface area contributed by atoms with Crippen molar-refractivity contribution < 1.29 is 0 Å². The summed E-state index contributed by atoms with van der Waals surface area (Å²) in [5.74, 6) is 1.98. The molecule has 2 heterocycles. The van der Waals surface area contributed by atoms with Gasteiger partial charge in [0.1, 0.15) is 0 Å². The zero-order valence-electron chi connectivity index (χ0n) is 27.8. The Bertz CT molecular complexity index is 2380. The van der Waals surface area contributed by atoms with Crippen LogP contribution < -0.4 is 0 Å². The van der Waals surface area contributed by atoms with E-state index >= 15 is 0 Å². The number of hydrogen-bond acceptors (Lipinski definition) is 4. The molecule has 0 saturated heterocycles. The Kier molecular flexibility index (Phi) is 7.29. The van der Waals surface area contributed by atoms with Crippen LogP contribution in [0.5, 0.6) is 0 Å². The summed E-state index contributed by atoms with van der Waals surface area (Å²) in [4.78, 5) is 20.0. The molecule has 240 valence electrons. The number of allylic oxidation sites excluding steroid dienone is 5. The Morgan fingerprint density at radius 3 is 1.74 bits per heavy atom. The van der Waals surface area contributed by atoms with Gasteiger partial charge in [0.15, 0.2) is 17.5 Å². The van der Waals surface area contributed by atoms with Gasteiger partial charge in [0.05, 0.1) is 11.4 Å². The van der Waals surface area contributed by atoms with E-state index in [9.17, 15) is 0 Å². The minimum absolute atomic E-state index is 0.0690. The molecule has 5 aromatic carbocycles. The Labute approximate surface area is 297 Å². The van der Waals surface area contributed by atoms with E-state index in [0.29, 0.717) is 17.5 Å². The summed E-state index contributed by atoms with van der Waals surface area (Å²) in [6.45, 7) is 4.63. The lowest BCUT2D eigenvalue weighted by Gasteiger charge is -2.30. The maximum atomic E-state index is 7.08. The lowest BCUT2D eigenvalue weighted by molar-refractivity contribution is 0.639. The average Bonchev–Trinajstić information content (AvgIpc) is 3.40. The molecule has 1 atom stereocenters. The third-order valence-electron chi connectivity index (χ3n) is 10.2. The third kappa shape index (κ3) is 5.24. The van der Waals surface area contributed by atoms with Crippen LogP contribution in [0.4, 0.5) is 0 Å². The molecular formula is C45H33ClN4. The average molecular weight is 665 g/mol. The molecule has 5 heteroatoms. The molecule has 1 aliphatic heterocycles. The van der Waals surface area contributed by atoms with Crippen molar-refractivity contribution in [3.8, 4) is 45.3 Å². The molecule has 2 aliphatic carbocycles. The standard InChI is InChI=1S/C45H33ClN4/c1-45(2)37-22-10-9-21-34(37)35-25-36-39(46)27-40(47-41(36)26-38(35)45)32-19-11-17-30(23-32)31-18-12-20-33(24-31)44-49-42(28-13-5-3-6-14-28)48-43(50-44)29-15-7-4-8-16-29/h3-24,26-27,36H,25H2,1-2H3. The van der Waals surface area contributed by atoms with E-state index in [4.69, 9.17) is 31.5 Å². The normalized spacial score (nSPS) is 17.3. The predicted octanol–water partition coefficient (Wildman–Crippen LogP) is 11.1. The molecule has 0 saturated carbocycles. The molecule has 0 fully saturated rings. The Hall–Kier alpha value is -5.71. The SMILES string of the molecule is CC1(C)C2=C(CC3C(Cl)=CC(c4cccc(-c5cccc(-c6nc(-c7ccccc7)nc(-c7ccccc7)n6)c5)c4)=NC3=C2)c2ccccc21. The highest BCUT2D eigenvalue weighted by Crippen LogP contribution is 2.54. The molecule has 0 bridgehead atoms. The molecule has 6 aromatic rings. The summed E-state index contributed by atoms with van der Waals surface area (Å²) >= 11 is 7.08. The van der Waals surface area contributed by atoms with E-state index in [2.05, 4.69) is 98.8 Å². The fourth-order valence-electron chi connectivity index (χ4n) is 7.54. The fourth-order valence-corrected chi connectivity index (χ4v) is 7.83. The van der Waals surface area contributed by atoms with E-state index in [1.807, 2.05) is 60.7 Å². The highest BCUT2D eigenvalue weighted by Gasteiger charge is 2.41. The second-order valence-corrected chi connectivity index (χ2v) is 14.1. The van der Waals surface area contributed by atoms with E-state index in [1.54, 1.807) is 0 Å². The summed E-state index contributed by atoms with van der Waals surface area (Å²) in [7, 11) is 0. The van der Waals surface area contributed by atoms with Crippen LogP contribution >= 0.6 is 11.6 Å². The molecule has 1 unspecified atom stereocenters. The van der Waals surface area contributed by atoms with E-state index in [0.717, 1.165) is 56.2 Å². The van der Waals surface area contributed by atoms with Crippen LogP contribution in [-0.2, 0) is 5.41 Å². The van der Waals surface area contributed by atoms with Crippen LogP contribution in [0.2, 0.25) is 0 Å². The highest BCUT2D eigenvalue weighted by molar-refractivity contribution is 6.33. The van der Waals surface area contributed by atoms with Gasteiger partial charge in [-0.2, -0.15) is 0 Å². The maximum absolute atomic E-state index is 7.08. The van der Waals surface area contributed by atoms with Gasteiger partial charge in [-0.15, -0.1) is 0 Å². The van der Waals surface area contributed by atoms with E-state index in [-0.39, 0.29) is 11.3 Å². The largest absolute Gasteiger partial charge is 0.252 e. The zero-order valence-corrected chi connectivity index (χ0v) is 28.6. The zero-order chi connectivity index (χ0) is 33.8. The van der Waals surface area contributed by atoms with Gasteiger partial charge >= 0.3 is 0 Å². The molecule has 50 heavy (non-hydrogen) atoms. The van der Waals surface area contributed by atoms with Gasteiger partial charge in [-0.25, -0.2) is 15.0 Å². The third-order valence-corrected chi connectivity index (χ3v) is 10.5. The van der Waals surface area contributed by atoms with Crippen molar-refractivity contribution in [3.05, 3.63) is 179 Å². The number of benzene rings is 5. The van der Waals surface area contributed by atoms with Crippen LogP contribution in [-0.4, -0.2) is 20.7 Å². The van der Waals surface area contributed by atoms with Gasteiger partial charge in [-0.3, -0.25) is 4.99 Å². The Morgan fingerprint density at radius 2 is 1.08 bits per heavy atom. The molecule has 0 N–H and O–H groups in total. The van der Waals surface area contributed by atoms with Gasteiger partial charge in [0.25, 0.3) is 0 Å². The van der Waals surface area contributed by atoms with Crippen LogP contribution in [0.15, 0.2) is 167 Å². The number of rotatable bonds is 5. The van der Waals surface area contributed by atoms with Crippen molar-refractivity contribution in [1.29, 1.82) is 0 Å². The molecule has 3 aliphatic rings.